The summed E-state index contributed by atoms with van der Waals surface area (Å²) in [7, 11) is 0. The summed E-state index contributed by atoms with van der Waals surface area (Å²) in [6, 6.07) is 14.0. The lowest BCUT2D eigenvalue weighted by molar-refractivity contribution is 0.0981. The van der Waals surface area contributed by atoms with E-state index in [0.29, 0.717) is 5.92 Å². The van der Waals surface area contributed by atoms with Gasteiger partial charge in [0.2, 0.25) is 0 Å². The van der Waals surface area contributed by atoms with Crippen molar-refractivity contribution < 1.29 is 4.79 Å². The van der Waals surface area contributed by atoms with Gasteiger partial charge >= 0.3 is 0 Å². The Hall–Kier alpha value is -1.61. The van der Waals surface area contributed by atoms with E-state index < -0.39 is 0 Å². The molecule has 1 atom stereocenters. The van der Waals surface area contributed by atoms with Crippen molar-refractivity contribution in [2.24, 2.45) is 5.92 Å². The van der Waals surface area contributed by atoms with Crippen molar-refractivity contribution in [2.75, 3.05) is 11.4 Å². The SMILES string of the molecule is Cc1cc(C(=O)N2CC(C)Cc3ccccc32)ccc1Br. The van der Waals surface area contributed by atoms with Crippen LogP contribution in [0.2, 0.25) is 0 Å². The Kier molecular flexibility index (Phi) is 3.85. The van der Waals surface area contributed by atoms with Crippen LogP contribution in [0.3, 0.4) is 0 Å². The van der Waals surface area contributed by atoms with Crippen LogP contribution in [0.15, 0.2) is 46.9 Å². The minimum absolute atomic E-state index is 0.0876. The highest BCUT2D eigenvalue weighted by Gasteiger charge is 2.26. The van der Waals surface area contributed by atoms with Gasteiger partial charge < -0.3 is 4.90 Å². The number of carbonyl (C=O) groups excluding carboxylic acids is 1. The summed E-state index contributed by atoms with van der Waals surface area (Å²) in [6.07, 6.45) is 1.04. The lowest BCUT2D eigenvalue weighted by Crippen LogP contribution is -2.39. The van der Waals surface area contributed by atoms with Gasteiger partial charge in [0.1, 0.15) is 0 Å². The summed E-state index contributed by atoms with van der Waals surface area (Å²) in [6.45, 7) is 4.99. The lowest BCUT2D eigenvalue weighted by Gasteiger charge is -2.33. The highest BCUT2D eigenvalue weighted by molar-refractivity contribution is 9.10. The third kappa shape index (κ3) is 2.75. The van der Waals surface area contributed by atoms with Crippen LogP contribution >= 0.6 is 15.9 Å². The molecule has 0 N–H and O–H groups in total. The van der Waals surface area contributed by atoms with Gasteiger partial charge in [0.05, 0.1) is 0 Å². The van der Waals surface area contributed by atoms with E-state index in [1.165, 1.54) is 5.56 Å². The smallest absolute Gasteiger partial charge is 0.258 e. The fourth-order valence-electron chi connectivity index (χ4n) is 2.92. The molecule has 0 fully saturated rings. The van der Waals surface area contributed by atoms with E-state index in [4.69, 9.17) is 0 Å². The lowest BCUT2D eigenvalue weighted by atomic mass is 9.93. The number of nitrogens with zero attached hydrogens (tertiary/aromatic N) is 1. The standard InChI is InChI=1S/C18H18BrNO/c1-12-9-14-5-3-4-6-17(14)20(11-12)18(21)15-7-8-16(19)13(2)10-15/h3-8,10,12H,9,11H2,1-2H3. The largest absolute Gasteiger partial charge is 0.308 e. The molecule has 2 aromatic carbocycles. The summed E-state index contributed by atoms with van der Waals surface area (Å²) < 4.78 is 1.03. The molecular formula is C18H18BrNO. The molecule has 3 rings (SSSR count). The Bertz CT molecular complexity index is 695. The van der Waals surface area contributed by atoms with Crippen molar-refractivity contribution in [2.45, 2.75) is 20.3 Å². The van der Waals surface area contributed by atoms with Crippen molar-refractivity contribution >= 4 is 27.5 Å². The maximum atomic E-state index is 12.9. The van der Waals surface area contributed by atoms with Gasteiger partial charge in [-0.2, -0.15) is 0 Å². The number of anilines is 1. The average Bonchev–Trinajstić information content (AvgIpc) is 2.48. The Labute approximate surface area is 133 Å². The Morgan fingerprint density at radius 3 is 2.76 bits per heavy atom. The normalized spacial score (nSPS) is 17.5. The average molecular weight is 344 g/mol. The van der Waals surface area contributed by atoms with E-state index in [0.717, 1.165) is 34.3 Å². The van der Waals surface area contributed by atoms with E-state index in [-0.39, 0.29) is 5.91 Å². The molecule has 0 bridgehead atoms. The molecule has 0 spiro atoms. The van der Waals surface area contributed by atoms with E-state index in [2.05, 4.69) is 28.9 Å². The maximum absolute atomic E-state index is 12.9. The highest BCUT2D eigenvalue weighted by Crippen LogP contribution is 2.31. The van der Waals surface area contributed by atoms with Crippen LogP contribution in [0.25, 0.3) is 0 Å². The van der Waals surface area contributed by atoms with Crippen LogP contribution in [0.4, 0.5) is 5.69 Å². The van der Waals surface area contributed by atoms with Crippen LogP contribution in [-0.4, -0.2) is 12.5 Å². The fourth-order valence-corrected chi connectivity index (χ4v) is 3.17. The maximum Gasteiger partial charge on any atom is 0.258 e. The molecule has 1 unspecified atom stereocenters. The predicted octanol–water partition coefficient (Wildman–Crippen LogP) is 4.60. The monoisotopic (exact) mass is 343 g/mol. The van der Waals surface area contributed by atoms with Gasteiger partial charge in [0.25, 0.3) is 5.91 Å². The zero-order valence-corrected chi connectivity index (χ0v) is 13.9. The number of hydrogen-bond acceptors (Lipinski definition) is 1. The second-order valence-electron chi connectivity index (χ2n) is 5.82. The number of rotatable bonds is 1. The molecular weight excluding hydrogens is 326 g/mol. The summed E-state index contributed by atoms with van der Waals surface area (Å²) >= 11 is 3.48. The molecule has 108 valence electrons. The minimum atomic E-state index is 0.0876. The van der Waals surface area contributed by atoms with Crippen LogP contribution in [0, 0.1) is 12.8 Å². The Morgan fingerprint density at radius 2 is 2.00 bits per heavy atom. The number of aryl methyl sites for hydroxylation is 1. The fraction of sp³-hybridized carbons (Fsp3) is 0.278. The van der Waals surface area contributed by atoms with E-state index in [1.807, 2.05) is 48.2 Å². The number of carbonyl (C=O) groups is 1. The molecule has 0 aliphatic carbocycles. The molecule has 0 radical (unpaired) electrons. The zero-order chi connectivity index (χ0) is 15.0. The third-order valence-electron chi connectivity index (χ3n) is 4.00. The molecule has 0 saturated carbocycles. The second-order valence-corrected chi connectivity index (χ2v) is 6.67. The van der Waals surface area contributed by atoms with Crippen molar-refractivity contribution in [1.29, 1.82) is 0 Å². The molecule has 0 saturated heterocycles. The first-order chi connectivity index (χ1) is 10.1. The molecule has 1 aliphatic rings. The Morgan fingerprint density at radius 1 is 1.24 bits per heavy atom. The second kappa shape index (κ2) is 5.64. The van der Waals surface area contributed by atoms with E-state index in [9.17, 15) is 4.79 Å². The topological polar surface area (TPSA) is 20.3 Å². The molecule has 2 aromatic rings. The van der Waals surface area contributed by atoms with E-state index in [1.54, 1.807) is 0 Å². The van der Waals surface area contributed by atoms with Gasteiger partial charge in [-0.05, 0) is 54.7 Å². The molecule has 21 heavy (non-hydrogen) atoms. The van der Waals surface area contributed by atoms with Crippen molar-refractivity contribution in [1.82, 2.24) is 0 Å². The quantitative estimate of drug-likeness (QED) is 0.741. The third-order valence-corrected chi connectivity index (χ3v) is 4.88. The number of hydrogen-bond donors (Lipinski definition) is 0. The number of amides is 1. The molecule has 0 aromatic heterocycles. The van der Waals surface area contributed by atoms with Gasteiger partial charge in [-0.25, -0.2) is 0 Å². The Balaban J connectivity index is 1.99. The van der Waals surface area contributed by atoms with Gasteiger partial charge in [0, 0.05) is 22.3 Å². The van der Waals surface area contributed by atoms with Gasteiger partial charge in [-0.3, -0.25) is 4.79 Å². The number of benzene rings is 2. The van der Waals surface area contributed by atoms with Crippen molar-refractivity contribution in [3.8, 4) is 0 Å². The number of para-hydroxylation sites is 1. The summed E-state index contributed by atoms with van der Waals surface area (Å²) in [5, 5.41) is 0. The zero-order valence-electron chi connectivity index (χ0n) is 12.3. The molecule has 2 nitrogen and oxygen atoms in total. The van der Waals surface area contributed by atoms with E-state index >= 15 is 0 Å². The first-order valence-electron chi connectivity index (χ1n) is 7.22. The predicted molar refractivity (Wildman–Crippen MR) is 89.9 cm³/mol. The molecule has 1 amide bonds. The van der Waals surface area contributed by atoms with Gasteiger partial charge in [-0.1, -0.05) is 41.1 Å². The first-order valence-corrected chi connectivity index (χ1v) is 8.01. The van der Waals surface area contributed by atoms with Crippen LogP contribution < -0.4 is 4.90 Å². The molecule has 1 aliphatic heterocycles. The summed E-state index contributed by atoms with van der Waals surface area (Å²) in [5.41, 5.74) is 4.15. The van der Waals surface area contributed by atoms with Gasteiger partial charge in [0.15, 0.2) is 0 Å². The van der Waals surface area contributed by atoms with Gasteiger partial charge in [-0.15, -0.1) is 0 Å². The summed E-state index contributed by atoms with van der Waals surface area (Å²) in [4.78, 5) is 14.8. The van der Waals surface area contributed by atoms with Crippen LogP contribution in [-0.2, 0) is 6.42 Å². The highest BCUT2D eigenvalue weighted by atomic mass is 79.9. The summed E-state index contributed by atoms with van der Waals surface area (Å²) in [5.74, 6) is 0.574. The minimum Gasteiger partial charge on any atom is -0.308 e. The van der Waals surface area contributed by atoms with Crippen molar-refractivity contribution in [3.63, 3.8) is 0 Å². The van der Waals surface area contributed by atoms with Crippen molar-refractivity contribution in [3.05, 3.63) is 63.6 Å². The van der Waals surface area contributed by atoms with Crippen LogP contribution in [0.1, 0.15) is 28.4 Å². The van der Waals surface area contributed by atoms with Crippen LogP contribution in [0.5, 0.6) is 0 Å². The molecule has 1 heterocycles. The molecule has 3 heteroatoms. The number of halogens is 1. The first kappa shape index (κ1) is 14.3. The number of fused-ring (bicyclic) bond motifs is 1.